The first-order valence-corrected chi connectivity index (χ1v) is 10.9. The number of amides is 1. The molecule has 1 fully saturated rings. The van der Waals surface area contributed by atoms with Gasteiger partial charge in [-0.05, 0) is 23.8 Å². The van der Waals surface area contributed by atoms with E-state index in [4.69, 9.17) is 0 Å². The van der Waals surface area contributed by atoms with Crippen LogP contribution >= 0.6 is 12.4 Å². The third-order valence-corrected chi connectivity index (χ3v) is 6.12. The topological polar surface area (TPSA) is 41.4 Å². The fourth-order valence-electron chi connectivity index (χ4n) is 4.60. The molecule has 3 heterocycles. The van der Waals surface area contributed by atoms with Crippen LogP contribution in [0.5, 0.6) is 0 Å². The fourth-order valence-corrected chi connectivity index (χ4v) is 4.60. The number of para-hydroxylation sites is 1. The van der Waals surface area contributed by atoms with Crippen molar-refractivity contribution in [2.45, 2.75) is 6.54 Å². The van der Waals surface area contributed by atoms with Gasteiger partial charge in [0.2, 0.25) is 0 Å². The number of aryl methyl sites for hydroxylation is 1. The molecule has 0 saturated carbocycles. The number of pyridine rings is 1. The van der Waals surface area contributed by atoms with Gasteiger partial charge in [-0.15, -0.1) is 12.4 Å². The van der Waals surface area contributed by atoms with Crippen molar-refractivity contribution in [3.8, 4) is 11.3 Å². The van der Waals surface area contributed by atoms with E-state index in [9.17, 15) is 9.18 Å². The largest absolute Gasteiger partial charge is 0.367 e. The second kappa shape index (κ2) is 10.0. The minimum absolute atomic E-state index is 0. The molecule has 0 atom stereocenters. The van der Waals surface area contributed by atoms with Crippen LogP contribution in [-0.2, 0) is 6.54 Å². The van der Waals surface area contributed by atoms with Crippen molar-refractivity contribution in [1.82, 2.24) is 14.5 Å². The van der Waals surface area contributed by atoms with Gasteiger partial charge in [0.15, 0.2) is 0 Å². The highest BCUT2D eigenvalue weighted by Crippen LogP contribution is 2.35. The molecule has 0 aliphatic carbocycles. The Labute approximate surface area is 198 Å². The number of aromatic nitrogens is 2. The van der Waals surface area contributed by atoms with Gasteiger partial charge in [-0.3, -0.25) is 9.78 Å². The number of halogens is 2. The maximum Gasteiger partial charge on any atom is 0.256 e. The summed E-state index contributed by atoms with van der Waals surface area (Å²) in [6, 6.07) is 21.6. The normalized spacial score (nSPS) is 13.7. The highest BCUT2D eigenvalue weighted by atomic mass is 35.5. The molecule has 0 N–H and O–H groups in total. The molecule has 0 spiro atoms. The summed E-state index contributed by atoms with van der Waals surface area (Å²) in [6.07, 6.45) is 3.62. The fraction of sp³-hybridized carbons (Fsp3) is 0.231. The maximum absolute atomic E-state index is 13.9. The summed E-state index contributed by atoms with van der Waals surface area (Å²) >= 11 is 0. The Kier molecular flexibility index (Phi) is 6.94. The molecule has 7 heteroatoms. The van der Waals surface area contributed by atoms with Crippen molar-refractivity contribution < 1.29 is 9.18 Å². The summed E-state index contributed by atoms with van der Waals surface area (Å²) in [7, 11) is 0. The quantitative estimate of drug-likeness (QED) is 0.414. The van der Waals surface area contributed by atoms with Crippen LogP contribution in [0.4, 0.5) is 10.1 Å². The number of rotatable bonds is 5. The number of nitrogens with zero attached hydrogens (tertiary/aromatic N) is 4. The van der Waals surface area contributed by atoms with Gasteiger partial charge in [0.05, 0.1) is 29.7 Å². The number of alkyl halides is 1. The third-order valence-electron chi connectivity index (χ3n) is 6.12. The lowest BCUT2D eigenvalue weighted by molar-refractivity contribution is 0.0749. The molecule has 1 aliphatic rings. The minimum Gasteiger partial charge on any atom is -0.367 e. The van der Waals surface area contributed by atoms with Crippen LogP contribution in [-0.4, -0.2) is 53.2 Å². The monoisotopic (exact) mass is 464 g/mol. The highest BCUT2D eigenvalue weighted by Gasteiger charge is 2.29. The van der Waals surface area contributed by atoms with E-state index < -0.39 is 6.67 Å². The molecule has 2 aromatic carbocycles. The van der Waals surface area contributed by atoms with Crippen molar-refractivity contribution in [2.75, 3.05) is 37.8 Å². The van der Waals surface area contributed by atoms with Crippen LogP contribution < -0.4 is 4.90 Å². The smallest absolute Gasteiger partial charge is 0.256 e. The lowest BCUT2D eigenvalue weighted by atomic mass is 10.0. The van der Waals surface area contributed by atoms with E-state index in [1.54, 1.807) is 6.20 Å². The summed E-state index contributed by atoms with van der Waals surface area (Å²) in [4.78, 5) is 22.2. The Bertz CT molecular complexity index is 1220. The highest BCUT2D eigenvalue weighted by molar-refractivity contribution is 6.12. The van der Waals surface area contributed by atoms with Crippen molar-refractivity contribution in [3.05, 3.63) is 84.7 Å². The van der Waals surface area contributed by atoms with Gasteiger partial charge in [0.1, 0.15) is 6.67 Å². The van der Waals surface area contributed by atoms with Gasteiger partial charge in [0, 0.05) is 43.3 Å². The van der Waals surface area contributed by atoms with E-state index in [2.05, 4.69) is 9.88 Å². The van der Waals surface area contributed by atoms with Gasteiger partial charge in [0.25, 0.3) is 5.91 Å². The van der Waals surface area contributed by atoms with E-state index in [0.717, 1.165) is 40.9 Å². The van der Waals surface area contributed by atoms with E-state index in [0.29, 0.717) is 18.7 Å². The zero-order chi connectivity index (χ0) is 21.9. The van der Waals surface area contributed by atoms with Gasteiger partial charge in [-0.2, -0.15) is 0 Å². The van der Waals surface area contributed by atoms with Crippen LogP contribution in [0.2, 0.25) is 0 Å². The van der Waals surface area contributed by atoms with Gasteiger partial charge in [-0.25, -0.2) is 4.39 Å². The van der Waals surface area contributed by atoms with Crippen LogP contribution in [0.15, 0.2) is 79.1 Å². The van der Waals surface area contributed by atoms with E-state index in [1.807, 2.05) is 82.4 Å². The van der Waals surface area contributed by atoms with Gasteiger partial charge >= 0.3 is 0 Å². The molecule has 170 valence electrons. The second-order valence-electron chi connectivity index (χ2n) is 7.94. The number of anilines is 1. The molecule has 1 aliphatic heterocycles. The standard InChI is InChI=1S/C26H25FN4O.ClH/c27-12-14-31-23-11-5-4-10-22(23)24(25(31)20-7-2-1-3-8-20)26(32)30-17-15-29(16-18-30)21-9-6-13-28-19-21;/h1-11,13,19H,12,14-18H2;1H. The zero-order valence-electron chi connectivity index (χ0n) is 18.2. The number of hydrogen-bond donors (Lipinski definition) is 0. The van der Waals surface area contributed by atoms with Crippen molar-refractivity contribution in [2.24, 2.45) is 0 Å². The number of benzene rings is 2. The second-order valence-corrected chi connectivity index (χ2v) is 7.94. The number of carbonyl (C=O) groups is 1. The molecule has 33 heavy (non-hydrogen) atoms. The van der Waals surface area contributed by atoms with Crippen LogP contribution in [0, 0.1) is 0 Å². The molecule has 1 amide bonds. The summed E-state index contributed by atoms with van der Waals surface area (Å²) in [5.41, 5.74) is 4.35. The molecule has 1 saturated heterocycles. The minimum atomic E-state index is -0.490. The van der Waals surface area contributed by atoms with E-state index in [1.165, 1.54) is 0 Å². The predicted molar refractivity (Wildman–Crippen MR) is 133 cm³/mol. The van der Waals surface area contributed by atoms with Gasteiger partial charge in [-0.1, -0.05) is 48.5 Å². The molecule has 5 nitrogen and oxygen atoms in total. The first-order chi connectivity index (χ1) is 15.8. The molecule has 2 aromatic heterocycles. The Hall–Kier alpha value is -3.38. The average molecular weight is 465 g/mol. The SMILES string of the molecule is Cl.O=C(c1c(-c2ccccc2)n(CCF)c2ccccc12)N1CCN(c2cccnc2)CC1. The van der Waals surface area contributed by atoms with E-state index in [-0.39, 0.29) is 24.9 Å². The summed E-state index contributed by atoms with van der Waals surface area (Å²) in [6.45, 7) is 2.49. The Balaban J connectivity index is 0.00000259. The molecule has 5 rings (SSSR count). The number of fused-ring (bicyclic) bond motifs is 1. The molecular formula is C26H26ClFN4O. The molecule has 4 aromatic rings. The zero-order valence-corrected chi connectivity index (χ0v) is 19.0. The summed E-state index contributed by atoms with van der Waals surface area (Å²) < 4.78 is 15.5. The van der Waals surface area contributed by atoms with E-state index >= 15 is 0 Å². The number of piperazine rings is 1. The van der Waals surface area contributed by atoms with Crippen LogP contribution in [0.3, 0.4) is 0 Å². The molecule has 0 radical (unpaired) electrons. The van der Waals surface area contributed by atoms with Crippen LogP contribution in [0.1, 0.15) is 10.4 Å². The average Bonchev–Trinajstić information content (AvgIpc) is 3.19. The lowest BCUT2D eigenvalue weighted by Crippen LogP contribution is -2.48. The molecule has 0 bridgehead atoms. The number of carbonyl (C=O) groups excluding carboxylic acids is 1. The summed E-state index contributed by atoms with van der Waals surface area (Å²) in [5.74, 6) is 0.00324. The van der Waals surface area contributed by atoms with Gasteiger partial charge < -0.3 is 14.4 Å². The Morgan fingerprint density at radius 1 is 0.909 bits per heavy atom. The Morgan fingerprint density at radius 2 is 1.64 bits per heavy atom. The third kappa shape index (κ3) is 4.31. The maximum atomic E-state index is 13.9. The Morgan fingerprint density at radius 3 is 2.33 bits per heavy atom. The van der Waals surface area contributed by atoms with Crippen LogP contribution in [0.25, 0.3) is 22.2 Å². The number of hydrogen-bond acceptors (Lipinski definition) is 3. The first kappa shape index (κ1) is 22.8. The van der Waals surface area contributed by atoms with Crippen molar-refractivity contribution in [1.29, 1.82) is 0 Å². The predicted octanol–water partition coefficient (Wildman–Crippen LogP) is 5.06. The van der Waals surface area contributed by atoms with Crippen molar-refractivity contribution in [3.63, 3.8) is 0 Å². The molecule has 0 unspecified atom stereocenters. The summed E-state index contributed by atoms with van der Waals surface area (Å²) in [5, 5.41) is 0.875. The molecular weight excluding hydrogens is 439 g/mol. The first-order valence-electron chi connectivity index (χ1n) is 10.9. The van der Waals surface area contributed by atoms with Crippen molar-refractivity contribution >= 4 is 34.9 Å². The lowest BCUT2D eigenvalue weighted by Gasteiger charge is -2.36.